The first-order chi connectivity index (χ1) is 16.7. The summed E-state index contributed by atoms with van der Waals surface area (Å²) in [6, 6.07) is 20.9. The van der Waals surface area contributed by atoms with Gasteiger partial charge in [0.25, 0.3) is 5.56 Å². The predicted octanol–water partition coefficient (Wildman–Crippen LogP) is 3.82. The van der Waals surface area contributed by atoms with Gasteiger partial charge >= 0.3 is 0 Å². The molecule has 0 spiro atoms. The molecule has 9 heteroatoms. The van der Waals surface area contributed by atoms with E-state index in [0.717, 1.165) is 16.8 Å². The van der Waals surface area contributed by atoms with Crippen molar-refractivity contribution in [3.8, 4) is 34.3 Å². The zero-order valence-electron chi connectivity index (χ0n) is 18.0. The number of rotatable bonds is 5. The second kappa shape index (κ2) is 8.13. The fourth-order valence-electron chi connectivity index (χ4n) is 3.73. The van der Waals surface area contributed by atoms with Gasteiger partial charge in [0.05, 0.1) is 29.2 Å². The molecule has 8 nitrogen and oxygen atoms in total. The van der Waals surface area contributed by atoms with Crippen LogP contribution in [0.4, 0.5) is 0 Å². The third kappa shape index (κ3) is 3.39. The molecular formula is C25H17N5O3S. The monoisotopic (exact) mass is 467 g/mol. The Balaban J connectivity index is 1.48. The van der Waals surface area contributed by atoms with Crippen LogP contribution in [0.2, 0.25) is 0 Å². The lowest BCUT2D eigenvalue weighted by Crippen LogP contribution is -2.23. The highest BCUT2D eigenvalue weighted by molar-refractivity contribution is 7.15. The Morgan fingerprint density at radius 1 is 1.00 bits per heavy atom. The van der Waals surface area contributed by atoms with E-state index < -0.39 is 0 Å². The summed E-state index contributed by atoms with van der Waals surface area (Å²) in [5.74, 6) is 1.71. The van der Waals surface area contributed by atoms with Crippen molar-refractivity contribution in [3.63, 3.8) is 0 Å². The second-order valence-corrected chi connectivity index (χ2v) is 8.45. The summed E-state index contributed by atoms with van der Waals surface area (Å²) >= 11 is 1.27. The number of hydrogen-bond donors (Lipinski definition) is 0. The van der Waals surface area contributed by atoms with E-state index in [4.69, 9.17) is 14.3 Å². The summed E-state index contributed by atoms with van der Waals surface area (Å²) in [4.78, 5) is 18.2. The molecule has 0 amide bonds. The van der Waals surface area contributed by atoms with Gasteiger partial charge in [-0.05, 0) is 42.5 Å². The fraction of sp³-hybridized carbons (Fsp3) is 0.0400. The minimum absolute atomic E-state index is 0.244. The quantitative estimate of drug-likeness (QED) is 0.383. The highest BCUT2D eigenvalue weighted by Gasteiger charge is 2.17. The van der Waals surface area contributed by atoms with Crippen LogP contribution in [0, 0.1) is 0 Å². The molecule has 34 heavy (non-hydrogen) atoms. The molecule has 0 saturated heterocycles. The maximum Gasteiger partial charge on any atom is 0.291 e. The standard InChI is InChI=1S/C25H17N5O3S/c1-32-19-11-6-5-10-18(19)23-26-25-30(28-23)24(31)21(34-25)14-16-15-29(17-8-3-2-4-9-17)27-22(16)20-12-7-13-33-20/h2-15H,1H3. The van der Waals surface area contributed by atoms with Gasteiger partial charge in [0.2, 0.25) is 4.96 Å². The SMILES string of the molecule is COc1ccccc1-c1nc2sc(=Cc3cn(-c4ccccc4)nc3-c3ccco3)c(=O)n2n1. The predicted molar refractivity (Wildman–Crippen MR) is 129 cm³/mol. The lowest BCUT2D eigenvalue weighted by Gasteiger charge is -2.03. The van der Waals surface area contributed by atoms with Gasteiger partial charge in [-0.1, -0.05) is 41.7 Å². The largest absolute Gasteiger partial charge is 0.496 e. The summed E-state index contributed by atoms with van der Waals surface area (Å²) in [5, 5.41) is 9.15. The number of fused-ring (bicyclic) bond motifs is 1. The van der Waals surface area contributed by atoms with Gasteiger partial charge in [-0.2, -0.15) is 14.6 Å². The van der Waals surface area contributed by atoms with E-state index in [9.17, 15) is 4.79 Å². The lowest BCUT2D eigenvalue weighted by atomic mass is 10.2. The molecule has 0 atom stereocenters. The summed E-state index contributed by atoms with van der Waals surface area (Å²) in [6.07, 6.45) is 5.28. The van der Waals surface area contributed by atoms with Gasteiger partial charge in [-0.15, -0.1) is 5.10 Å². The minimum Gasteiger partial charge on any atom is -0.496 e. The number of furan rings is 1. The van der Waals surface area contributed by atoms with Crippen molar-refractivity contribution in [1.29, 1.82) is 0 Å². The number of thiazole rings is 1. The molecule has 6 rings (SSSR count). The number of ether oxygens (including phenoxy) is 1. The third-order valence-corrected chi connectivity index (χ3v) is 6.29. The molecular weight excluding hydrogens is 450 g/mol. The number of benzene rings is 2. The van der Waals surface area contributed by atoms with E-state index in [1.165, 1.54) is 15.9 Å². The first-order valence-electron chi connectivity index (χ1n) is 10.4. The average molecular weight is 468 g/mol. The van der Waals surface area contributed by atoms with Crippen molar-refractivity contribution in [1.82, 2.24) is 24.4 Å². The van der Waals surface area contributed by atoms with Crippen LogP contribution in [0.15, 0.2) is 88.4 Å². The summed E-state index contributed by atoms with van der Waals surface area (Å²) < 4.78 is 14.6. The van der Waals surface area contributed by atoms with E-state index >= 15 is 0 Å². The van der Waals surface area contributed by atoms with Crippen molar-refractivity contribution in [2.24, 2.45) is 0 Å². The number of para-hydroxylation sites is 2. The van der Waals surface area contributed by atoms with Crippen LogP contribution in [0.3, 0.4) is 0 Å². The van der Waals surface area contributed by atoms with Crippen LogP contribution in [-0.2, 0) is 0 Å². The molecule has 166 valence electrons. The first-order valence-corrected chi connectivity index (χ1v) is 11.3. The van der Waals surface area contributed by atoms with E-state index in [0.29, 0.717) is 32.5 Å². The molecule has 0 unspecified atom stereocenters. The molecule has 2 aromatic carbocycles. The molecule has 0 bridgehead atoms. The van der Waals surface area contributed by atoms with Gasteiger partial charge < -0.3 is 9.15 Å². The van der Waals surface area contributed by atoms with Crippen molar-refractivity contribution in [3.05, 3.63) is 99.6 Å². The number of nitrogens with zero attached hydrogens (tertiary/aromatic N) is 5. The minimum atomic E-state index is -0.244. The molecule has 0 N–H and O–H groups in total. The molecule has 0 aliphatic carbocycles. The second-order valence-electron chi connectivity index (χ2n) is 7.44. The number of methoxy groups -OCH3 is 1. The van der Waals surface area contributed by atoms with Crippen LogP contribution < -0.4 is 14.8 Å². The van der Waals surface area contributed by atoms with E-state index in [1.54, 1.807) is 24.1 Å². The van der Waals surface area contributed by atoms with Crippen LogP contribution in [0.5, 0.6) is 5.75 Å². The Kier molecular flexibility index (Phi) is 4.81. The van der Waals surface area contributed by atoms with Gasteiger partial charge in [0, 0.05) is 11.8 Å². The van der Waals surface area contributed by atoms with Crippen molar-refractivity contribution in [2.45, 2.75) is 0 Å². The molecule has 0 aliphatic heterocycles. The Labute approximate surface area is 197 Å². The summed E-state index contributed by atoms with van der Waals surface area (Å²) in [5.41, 5.74) is 2.79. The van der Waals surface area contributed by atoms with Gasteiger partial charge in [-0.3, -0.25) is 4.79 Å². The zero-order valence-corrected chi connectivity index (χ0v) is 18.8. The van der Waals surface area contributed by atoms with Crippen molar-refractivity contribution < 1.29 is 9.15 Å². The lowest BCUT2D eigenvalue weighted by molar-refractivity contribution is 0.416. The zero-order chi connectivity index (χ0) is 23.1. The summed E-state index contributed by atoms with van der Waals surface area (Å²) in [6.45, 7) is 0. The molecule has 0 radical (unpaired) electrons. The molecule has 0 fully saturated rings. The highest BCUT2D eigenvalue weighted by atomic mass is 32.1. The fourth-order valence-corrected chi connectivity index (χ4v) is 4.63. The normalized spacial score (nSPS) is 12.0. The smallest absolute Gasteiger partial charge is 0.291 e. The van der Waals surface area contributed by atoms with E-state index in [2.05, 4.69) is 10.1 Å². The molecule has 0 saturated carbocycles. The maximum atomic E-state index is 13.2. The third-order valence-electron chi connectivity index (χ3n) is 5.33. The molecule has 4 aromatic heterocycles. The van der Waals surface area contributed by atoms with Crippen LogP contribution in [0.1, 0.15) is 5.56 Å². The van der Waals surface area contributed by atoms with E-state index in [-0.39, 0.29) is 5.56 Å². The molecule has 6 aromatic rings. The van der Waals surface area contributed by atoms with Crippen molar-refractivity contribution in [2.75, 3.05) is 7.11 Å². The maximum absolute atomic E-state index is 13.2. The Morgan fingerprint density at radius 2 is 1.82 bits per heavy atom. The average Bonchev–Trinajstić information content (AvgIpc) is 3.66. The van der Waals surface area contributed by atoms with Gasteiger partial charge in [0.1, 0.15) is 11.4 Å². The van der Waals surface area contributed by atoms with Crippen LogP contribution in [0.25, 0.3) is 39.6 Å². The van der Waals surface area contributed by atoms with Gasteiger partial charge in [-0.25, -0.2) is 4.68 Å². The topological polar surface area (TPSA) is 87.5 Å². The Morgan fingerprint density at radius 3 is 2.59 bits per heavy atom. The molecule has 4 heterocycles. The number of aromatic nitrogens is 5. The summed E-state index contributed by atoms with van der Waals surface area (Å²) in [7, 11) is 1.59. The van der Waals surface area contributed by atoms with Gasteiger partial charge in [0.15, 0.2) is 11.6 Å². The number of hydrogen-bond acceptors (Lipinski definition) is 7. The Hall–Kier alpha value is -4.50. The van der Waals surface area contributed by atoms with Crippen LogP contribution in [-0.4, -0.2) is 31.5 Å². The van der Waals surface area contributed by atoms with Crippen LogP contribution >= 0.6 is 11.3 Å². The Bertz CT molecular complexity index is 1720. The molecule has 0 aliphatic rings. The van der Waals surface area contributed by atoms with Crippen molar-refractivity contribution >= 4 is 22.4 Å². The highest BCUT2D eigenvalue weighted by Crippen LogP contribution is 2.28. The van der Waals surface area contributed by atoms with E-state index in [1.807, 2.05) is 72.9 Å². The first kappa shape index (κ1) is 20.1.